The number of rotatable bonds is 2. The molecule has 0 N–H and O–H groups in total. The summed E-state index contributed by atoms with van der Waals surface area (Å²) in [5.41, 5.74) is 0. The summed E-state index contributed by atoms with van der Waals surface area (Å²) in [7, 11) is 0. The molecule has 3 heteroatoms. The normalized spacial score (nSPS) is 39.0. The van der Waals surface area contributed by atoms with Gasteiger partial charge in [0.1, 0.15) is 0 Å². The van der Waals surface area contributed by atoms with Crippen LogP contribution >= 0.6 is 47.8 Å². The molecule has 0 amide bonds. The monoisotopic (exact) mass is 346 g/mol. The predicted octanol–water partition coefficient (Wildman–Crippen LogP) is 4.10. The van der Waals surface area contributed by atoms with Gasteiger partial charge in [0.05, 0.1) is 0 Å². The van der Waals surface area contributed by atoms with E-state index in [2.05, 4.69) is 47.8 Å². The summed E-state index contributed by atoms with van der Waals surface area (Å²) in [6.07, 6.45) is 5.32. The van der Waals surface area contributed by atoms with E-state index in [1.165, 1.54) is 25.7 Å². The fourth-order valence-corrected chi connectivity index (χ4v) is 4.33. The van der Waals surface area contributed by atoms with Gasteiger partial charge in [-0.1, -0.05) is 47.8 Å². The summed E-state index contributed by atoms with van der Waals surface area (Å²) in [4.78, 5) is 1.48. The molecule has 3 unspecified atom stereocenters. The first-order valence-corrected chi connectivity index (χ1v) is 7.03. The van der Waals surface area contributed by atoms with Crippen LogP contribution in [0.5, 0.6) is 0 Å². The highest BCUT2D eigenvalue weighted by Gasteiger charge is 2.26. The van der Waals surface area contributed by atoms with Crippen LogP contribution in [-0.4, -0.2) is 15.0 Å². The first kappa shape index (κ1) is 10.5. The fourth-order valence-electron chi connectivity index (χ4n) is 1.60. The summed E-state index contributed by atoms with van der Waals surface area (Å²) in [6.45, 7) is 0. The van der Waals surface area contributed by atoms with E-state index in [9.17, 15) is 0 Å². The van der Waals surface area contributed by atoms with Crippen LogP contribution in [0.3, 0.4) is 0 Å². The van der Waals surface area contributed by atoms with Gasteiger partial charge in [-0.25, -0.2) is 0 Å². The second-order valence-corrected chi connectivity index (χ2v) is 6.43. The summed E-state index contributed by atoms with van der Waals surface area (Å²) in [6, 6.07) is 0. The molecule has 0 spiro atoms. The maximum Gasteiger partial charge on any atom is 0.0185 e. The Hall–Kier alpha value is 1.44. The molecule has 1 aliphatic rings. The van der Waals surface area contributed by atoms with Crippen molar-refractivity contribution in [2.75, 3.05) is 5.33 Å². The molecule has 1 saturated carbocycles. The van der Waals surface area contributed by atoms with Gasteiger partial charge >= 0.3 is 0 Å². The van der Waals surface area contributed by atoms with E-state index in [1.54, 1.807) is 0 Å². The van der Waals surface area contributed by atoms with Gasteiger partial charge in [-0.2, -0.15) is 0 Å². The Kier molecular flexibility index (Phi) is 5.00. The molecule has 11 heavy (non-hydrogen) atoms. The molecule has 0 radical (unpaired) electrons. The molecule has 0 bridgehead atoms. The fraction of sp³-hybridized carbons (Fsp3) is 1.00. The van der Waals surface area contributed by atoms with E-state index in [4.69, 9.17) is 0 Å². The lowest BCUT2D eigenvalue weighted by molar-refractivity contribution is 0.378. The van der Waals surface area contributed by atoms with Crippen LogP contribution in [0.25, 0.3) is 0 Å². The van der Waals surface area contributed by atoms with Gasteiger partial charge in [-0.3, -0.25) is 0 Å². The zero-order valence-electron chi connectivity index (χ0n) is 6.40. The molecule has 0 aromatic rings. The summed E-state index contributed by atoms with van der Waals surface area (Å²) < 4.78 is 0. The van der Waals surface area contributed by atoms with Crippen molar-refractivity contribution >= 4 is 47.8 Å². The average molecular weight is 349 g/mol. The van der Waals surface area contributed by atoms with Gasteiger partial charge in [0.15, 0.2) is 0 Å². The van der Waals surface area contributed by atoms with Gasteiger partial charge in [0.2, 0.25) is 0 Å². The van der Waals surface area contributed by atoms with Crippen molar-refractivity contribution in [2.24, 2.45) is 5.92 Å². The molecule has 0 saturated heterocycles. The van der Waals surface area contributed by atoms with Crippen LogP contribution in [0.4, 0.5) is 0 Å². The van der Waals surface area contributed by atoms with E-state index < -0.39 is 0 Å². The van der Waals surface area contributed by atoms with Gasteiger partial charge in [0.25, 0.3) is 0 Å². The van der Waals surface area contributed by atoms with Crippen molar-refractivity contribution < 1.29 is 0 Å². The zero-order chi connectivity index (χ0) is 8.27. The van der Waals surface area contributed by atoms with E-state index in [-0.39, 0.29) is 0 Å². The third-order valence-electron chi connectivity index (χ3n) is 2.32. The maximum atomic E-state index is 3.75. The third kappa shape index (κ3) is 3.35. The minimum atomic E-state index is 0.734. The first-order chi connectivity index (χ1) is 5.24. The lowest BCUT2D eigenvalue weighted by Crippen LogP contribution is -2.25. The third-order valence-corrected chi connectivity index (χ3v) is 4.73. The van der Waals surface area contributed by atoms with Gasteiger partial charge < -0.3 is 0 Å². The molecule has 0 aromatic heterocycles. The Labute approximate surface area is 93.9 Å². The summed E-state index contributed by atoms with van der Waals surface area (Å²) >= 11 is 10.9. The minimum absolute atomic E-state index is 0.734. The van der Waals surface area contributed by atoms with E-state index in [0.717, 1.165) is 20.9 Å². The van der Waals surface area contributed by atoms with Crippen LogP contribution in [0.1, 0.15) is 25.7 Å². The van der Waals surface area contributed by atoms with Crippen molar-refractivity contribution in [1.29, 1.82) is 0 Å². The molecule has 3 atom stereocenters. The average Bonchev–Trinajstić information content (AvgIpc) is 1.95. The van der Waals surface area contributed by atoms with Crippen molar-refractivity contribution in [1.82, 2.24) is 0 Å². The van der Waals surface area contributed by atoms with Gasteiger partial charge in [-0.15, -0.1) is 0 Å². The molecule has 1 fully saturated rings. The Balaban J connectivity index is 2.31. The number of alkyl halides is 3. The highest BCUT2D eigenvalue weighted by molar-refractivity contribution is 9.10. The van der Waals surface area contributed by atoms with Crippen molar-refractivity contribution in [3.8, 4) is 0 Å². The smallest absolute Gasteiger partial charge is 0.0185 e. The van der Waals surface area contributed by atoms with Crippen molar-refractivity contribution in [2.45, 2.75) is 35.3 Å². The SMILES string of the molecule is BrCCC1CCC(Br)CC1Br. The quantitative estimate of drug-likeness (QED) is 0.659. The highest BCUT2D eigenvalue weighted by Crippen LogP contribution is 2.35. The molecule has 0 heterocycles. The summed E-state index contributed by atoms with van der Waals surface area (Å²) in [5.74, 6) is 0.892. The minimum Gasteiger partial charge on any atom is -0.0928 e. The Morgan fingerprint density at radius 1 is 1.18 bits per heavy atom. The largest absolute Gasteiger partial charge is 0.0928 e. The van der Waals surface area contributed by atoms with Crippen LogP contribution < -0.4 is 0 Å². The van der Waals surface area contributed by atoms with Crippen LogP contribution in [0, 0.1) is 5.92 Å². The number of halogens is 3. The van der Waals surface area contributed by atoms with Crippen LogP contribution in [-0.2, 0) is 0 Å². The zero-order valence-corrected chi connectivity index (χ0v) is 11.2. The topological polar surface area (TPSA) is 0 Å². The Morgan fingerprint density at radius 2 is 1.91 bits per heavy atom. The van der Waals surface area contributed by atoms with E-state index >= 15 is 0 Å². The Morgan fingerprint density at radius 3 is 2.45 bits per heavy atom. The van der Waals surface area contributed by atoms with E-state index in [0.29, 0.717) is 0 Å². The Bertz CT molecular complexity index is 116. The van der Waals surface area contributed by atoms with Crippen molar-refractivity contribution in [3.05, 3.63) is 0 Å². The van der Waals surface area contributed by atoms with E-state index in [1.807, 2.05) is 0 Å². The first-order valence-electron chi connectivity index (χ1n) is 4.08. The molecule has 1 aliphatic carbocycles. The second kappa shape index (κ2) is 5.23. The molecular weight excluding hydrogens is 336 g/mol. The lowest BCUT2D eigenvalue weighted by Gasteiger charge is -2.29. The van der Waals surface area contributed by atoms with Crippen LogP contribution in [0.2, 0.25) is 0 Å². The van der Waals surface area contributed by atoms with Crippen LogP contribution in [0.15, 0.2) is 0 Å². The maximum absolute atomic E-state index is 3.75. The number of hydrogen-bond donors (Lipinski definition) is 0. The molecule has 1 rings (SSSR count). The molecule has 0 aromatic carbocycles. The van der Waals surface area contributed by atoms with Crippen molar-refractivity contribution in [3.63, 3.8) is 0 Å². The second-order valence-electron chi connectivity index (χ2n) is 3.16. The predicted molar refractivity (Wildman–Crippen MR) is 61.2 cm³/mol. The van der Waals surface area contributed by atoms with Gasteiger partial charge in [0, 0.05) is 15.0 Å². The lowest BCUT2D eigenvalue weighted by atomic mass is 9.87. The highest BCUT2D eigenvalue weighted by atomic mass is 79.9. The molecule has 0 aliphatic heterocycles. The standard InChI is InChI=1S/C8H13Br3/c9-4-3-6-1-2-7(10)5-8(6)11/h6-8H,1-5H2. The molecule has 66 valence electrons. The molecular formula is C8H13Br3. The number of hydrogen-bond acceptors (Lipinski definition) is 0. The summed E-state index contributed by atoms with van der Waals surface area (Å²) in [5, 5.41) is 1.15. The van der Waals surface area contributed by atoms with Gasteiger partial charge in [-0.05, 0) is 31.6 Å². The molecule has 0 nitrogen and oxygen atoms in total.